The summed E-state index contributed by atoms with van der Waals surface area (Å²) in [5.74, 6) is -0.376. The van der Waals surface area contributed by atoms with Crippen LogP contribution < -0.4 is 0 Å². The standard InChI is InChI=1S/C11H13NO3/c1-11(2,12(14)15)10(13)8-9-6-4-3-5-7-9/h3-7H,8H2,1-2H3. The second-order valence-corrected chi connectivity index (χ2v) is 3.90. The Kier molecular flexibility index (Phi) is 3.19. The summed E-state index contributed by atoms with van der Waals surface area (Å²) in [4.78, 5) is 21.7. The van der Waals surface area contributed by atoms with E-state index in [1.54, 1.807) is 12.1 Å². The maximum absolute atomic E-state index is 11.6. The third-order valence-electron chi connectivity index (χ3n) is 2.35. The van der Waals surface area contributed by atoms with Gasteiger partial charge in [0.2, 0.25) is 5.78 Å². The van der Waals surface area contributed by atoms with Crippen molar-refractivity contribution in [1.82, 2.24) is 0 Å². The van der Waals surface area contributed by atoms with E-state index in [1.165, 1.54) is 13.8 Å². The molecule has 0 atom stereocenters. The molecule has 80 valence electrons. The van der Waals surface area contributed by atoms with Crippen LogP contribution in [0, 0.1) is 10.1 Å². The maximum atomic E-state index is 11.6. The van der Waals surface area contributed by atoms with Gasteiger partial charge in [-0.05, 0) is 5.56 Å². The third kappa shape index (κ3) is 2.62. The van der Waals surface area contributed by atoms with Crippen LogP contribution in [0.5, 0.6) is 0 Å². The van der Waals surface area contributed by atoms with Crippen LogP contribution in [0.15, 0.2) is 30.3 Å². The van der Waals surface area contributed by atoms with Crippen molar-refractivity contribution in [2.45, 2.75) is 25.8 Å². The topological polar surface area (TPSA) is 60.2 Å². The Balaban J connectivity index is 2.77. The van der Waals surface area contributed by atoms with Crippen LogP contribution in [0.3, 0.4) is 0 Å². The summed E-state index contributed by atoms with van der Waals surface area (Å²) in [7, 11) is 0. The summed E-state index contributed by atoms with van der Waals surface area (Å²) in [6.45, 7) is 2.66. The molecule has 0 spiro atoms. The lowest BCUT2D eigenvalue weighted by atomic mass is 9.94. The molecule has 0 N–H and O–H groups in total. The zero-order chi connectivity index (χ0) is 11.5. The lowest BCUT2D eigenvalue weighted by Gasteiger charge is -2.13. The second-order valence-electron chi connectivity index (χ2n) is 3.90. The predicted molar refractivity (Wildman–Crippen MR) is 56.2 cm³/mol. The van der Waals surface area contributed by atoms with Crippen molar-refractivity contribution in [3.63, 3.8) is 0 Å². The van der Waals surface area contributed by atoms with Crippen molar-refractivity contribution in [1.29, 1.82) is 0 Å². The number of carbonyl (C=O) groups excluding carboxylic acids is 1. The molecule has 0 radical (unpaired) electrons. The first kappa shape index (κ1) is 11.4. The highest BCUT2D eigenvalue weighted by molar-refractivity contribution is 5.88. The summed E-state index contributed by atoms with van der Waals surface area (Å²) >= 11 is 0. The lowest BCUT2D eigenvalue weighted by molar-refractivity contribution is -0.542. The van der Waals surface area contributed by atoms with E-state index in [0.29, 0.717) is 0 Å². The molecule has 0 saturated carbocycles. The SMILES string of the molecule is CC(C)(C(=O)Cc1ccccc1)[N+](=O)[O-]. The van der Waals surface area contributed by atoms with Crippen molar-refractivity contribution >= 4 is 5.78 Å². The Labute approximate surface area is 88.1 Å². The van der Waals surface area contributed by atoms with Crippen LogP contribution in [-0.2, 0) is 11.2 Å². The molecule has 15 heavy (non-hydrogen) atoms. The Morgan fingerprint density at radius 2 is 1.87 bits per heavy atom. The van der Waals surface area contributed by atoms with Gasteiger partial charge in [-0.25, -0.2) is 0 Å². The zero-order valence-electron chi connectivity index (χ0n) is 8.77. The molecule has 4 heteroatoms. The minimum absolute atomic E-state index is 0.106. The number of nitro groups is 1. The summed E-state index contributed by atoms with van der Waals surface area (Å²) in [6, 6.07) is 9.03. The average molecular weight is 207 g/mol. The van der Waals surface area contributed by atoms with E-state index in [4.69, 9.17) is 0 Å². The highest BCUT2D eigenvalue weighted by Gasteiger charge is 2.39. The van der Waals surface area contributed by atoms with Gasteiger partial charge < -0.3 is 0 Å². The molecular formula is C11H13NO3. The number of carbonyl (C=O) groups is 1. The molecule has 0 heterocycles. The van der Waals surface area contributed by atoms with Crippen LogP contribution >= 0.6 is 0 Å². The lowest BCUT2D eigenvalue weighted by Crippen LogP contribution is -2.41. The molecule has 0 aliphatic rings. The Morgan fingerprint density at radius 3 is 2.33 bits per heavy atom. The summed E-state index contributed by atoms with van der Waals surface area (Å²) in [6.07, 6.45) is 0.106. The van der Waals surface area contributed by atoms with Gasteiger partial charge in [0.15, 0.2) is 0 Å². The molecule has 0 fully saturated rings. The van der Waals surface area contributed by atoms with Gasteiger partial charge >= 0.3 is 0 Å². The predicted octanol–water partition coefficient (Wildman–Crippen LogP) is 1.85. The summed E-state index contributed by atoms with van der Waals surface area (Å²) < 4.78 is 0. The number of ketones is 1. The molecule has 0 amide bonds. The van der Waals surface area contributed by atoms with Gasteiger partial charge in [0.1, 0.15) is 0 Å². The molecule has 0 aliphatic heterocycles. The number of rotatable bonds is 4. The van der Waals surface area contributed by atoms with Gasteiger partial charge in [0.05, 0.1) is 0 Å². The van der Waals surface area contributed by atoms with E-state index in [9.17, 15) is 14.9 Å². The van der Waals surface area contributed by atoms with Crippen LogP contribution in [0.4, 0.5) is 0 Å². The smallest absolute Gasteiger partial charge is 0.274 e. The van der Waals surface area contributed by atoms with E-state index in [1.807, 2.05) is 18.2 Å². The average Bonchev–Trinajstić information content (AvgIpc) is 2.18. The highest BCUT2D eigenvalue weighted by atomic mass is 16.6. The van der Waals surface area contributed by atoms with Gasteiger partial charge in [-0.1, -0.05) is 30.3 Å². The van der Waals surface area contributed by atoms with Crippen LogP contribution in [-0.4, -0.2) is 16.2 Å². The molecule has 0 unspecified atom stereocenters. The van der Waals surface area contributed by atoms with E-state index < -0.39 is 10.5 Å². The Hall–Kier alpha value is -1.71. The normalized spacial score (nSPS) is 11.1. The minimum atomic E-state index is -1.50. The van der Waals surface area contributed by atoms with Crippen molar-refractivity contribution in [3.8, 4) is 0 Å². The Bertz CT molecular complexity index is 371. The fourth-order valence-corrected chi connectivity index (χ4v) is 1.10. The molecule has 1 aromatic carbocycles. The quantitative estimate of drug-likeness (QED) is 0.559. The number of Topliss-reactive ketones (excluding diaryl/α,β-unsaturated/α-hetero) is 1. The van der Waals surface area contributed by atoms with Crippen molar-refractivity contribution in [3.05, 3.63) is 46.0 Å². The largest absolute Gasteiger partial charge is 0.291 e. The molecular weight excluding hydrogens is 194 g/mol. The number of hydrogen-bond acceptors (Lipinski definition) is 3. The molecule has 0 aromatic heterocycles. The van der Waals surface area contributed by atoms with Gasteiger partial charge in [-0.3, -0.25) is 14.9 Å². The van der Waals surface area contributed by atoms with Gasteiger partial charge in [-0.15, -0.1) is 0 Å². The highest BCUT2D eigenvalue weighted by Crippen LogP contribution is 2.13. The molecule has 1 rings (SSSR count). The van der Waals surface area contributed by atoms with E-state index in [-0.39, 0.29) is 12.2 Å². The van der Waals surface area contributed by atoms with Crippen LogP contribution in [0.2, 0.25) is 0 Å². The van der Waals surface area contributed by atoms with Gasteiger partial charge in [-0.2, -0.15) is 0 Å². The van der Waals surface area contributed by atoms with E-state index in [2.05, 4.69) is 0 Å². The fourth-order valence-electron chi connectivity index (χ4n) is 1.10. The maximum Gasteiger partial charge on any atom is 0.274 e. The molecule has 1 aromatic rings. The summed E-state index contributed by atoms with van der Waals surface area (Å²) in [5.41, 5.74) is -0.701. The third-order valence-corrected chi connectivity index (χ3v) is 2.35. The van der Waals surface area contributed by atoms with Crippen molar-refractivity contribution in [2.24, 2.45) is 0 Å². The number of hydrogen-bond donors (Lipinski definition) is 0. The monoisotopic (exact) mass is 207 g/mol. The molecule has 0 saturated heterocycles. The molecule has 0 aliphatic carbocycles. The van der Waals surface area contributed by atoms with E-state index in [0.717, 1.165) is 5.56 Å². The summed E-state index contributed by atoms with van der Waals surface area (Å²) in [5, 5.41) is 10.6. The van der Waals surface area contributed by atoms with E-state index >= 15 is 0 Å². The van der Waals surface area contributed by atoms with Crippen molar-refractivity contribution in [2.75, 3.05) is 0 Å². The van der Waals surface area contributed by atoms with Crippen LogP contribution in [0.25, 0.3) is 0 Å². The van der Waals surface area contributed by atoms with Gasteiger partial charge in [0.25, 0.3) is 5.54 Å². The molecule has 0 bridgehead atoms. The van der Waals surface area contributed by atoms with Gasteiger partial charge in [0, 0.05) is 25.2 Å². The first-order chi connectivity index (χ1) is 6.94. The molecule has 4 nitrogen and oxygen atoms in total. The number of benzene rings is 1. The first-order valence-corrected chi connectivity index (χ1v) is 4.66. The van der Waals surface area contributed by atoms with Crippen molar-refractivity contribution < 1.29 is 9.72 Å². The fraction of sp³-hybridized carbons (Fsp3) is 0.364. The zero-order valence-corrected chi connectivity index (χ0v) is 8.77. The number of nitrogens with zero attached hydrogens (tertiary/aromatic N) is 1. The minimum Gasteiger partial charge on any atom is -0.291 e. The first-order valence-electron chi connectivity index (χ1n) is 4.66. The van der Waals surface area contributed by atoms with Crippen LogP contribution in [0.1, 0.15) is 19.4 Å². The second kappa shape index (κ2) is 4.21. The Morgan fingerprint density at radius 1 is 1.33 bits per heavy atom.